The molecule has 0 bridgehead atoms. The van der Waals surface area contributed by atoms with Crippen LogP contribution in [-0.2, 0) is 9.59 Å². The number of hydrogen-bond donors (Lipinski definition) is 1. The highest BCUT2D eigenvalue weighted by atomic mass is 16.5. The molecule has 0 unspecified atom stereocenters. The Morgan fingerprint density at radius 3 is 2.37 bits per heavy atom. The van der Waals surface area contributed by atoms with Crippen molar-refractivity contribution in [2.75, 3.05) is 31.0 Å². The van der Waals surface area contributed by atoms with Gasteiger partial charge >= 0.3 is 6.03 Å². The SMILES string of the molecule is COc1cccc(N2C(=O)NC(=O)/C(=C/c3ccc(N(C)C)cc3)C2=O)c1. The molecule has 0 spiro atoms. The average molecular weight is 365 g/mol. The predicted molar refractivity (Wildman–Crippen MR) is 103 cm³/mol. The van der Waals surface area contributed by atoms with E-state index < -0.39 is 17.8 Å². The minimum atomic E-state index is -0.793. The number of rotatable bonds is 4. The Bertz CT molecular complexity index is 932. The summed E-state index contributed by atoms with van der Waals surface area (Å²) in [4.78, 5) is 40.2. The third kappa shape index (κ3) is 3.67. The summed E-state index contributed by atoms with van der Waals surface area (Å²) < 4.78 is 5.14. The summed E-state index contributed by atoms with van der Waals surface area (Å²) in [5.41, 5.74) is 1.87. The number of imide groups is 2. The molecule has 0 aliphatic carbocycles. The zero-order chi connectivity index (χ0) is 19.6. The number of amides is 4. The number of benzene rings is 2. The zero-order valence-electron chi connectivity index (χ0n) is 15.2. The highest BCUT2D eigenvalue weighted by Crippen LogP contribution is 2.25. The van der Waals surface area contributed by atoms with Crippen molar-refractivity contribution >= 4 is 35.3 Å². The van der Waals surface area contributed by atoms with E-state index in [1.807, 2.05) is 31.1 Å². The number of hydrogen-bond acceptors (Lipinski definition) is 5. The molecule has 2 aromatic carbocycles. The molecular formula is C20H19N3O4. The second-order valence-electron chi connectivity index (χ2n) is 6.15. The van der Waals surface area contributed by atoms with Crippen LogP contribution in [0.25, 0.3) is 6.08 Å². The number of methoxy groups -OCH3 is 1. The molecule has 7 heteroatoms. The topological polar surface area (TPSA) is 79.0 Å². The van der Waals surface area contributed by atoms with Gasteiger partial charge in [-0.3, -0.25) is 14.9 Å². The van der Waals surface area contributed by atoms with Crippen LogP contribution >= 0.6 is 0 Å². The molecule has 7 nitrogen and oxygen atoms in total. The summed E-state index contributed by atoms with van der Waals surface area (Å²) in [5.74, 6) is -0.913. The van der Waals surface area contributed by atoms with Gasteiger partial charge in [0.05, 0.1) is 12.8 Å². The van der Waals surface area contributed by atoms with E-state index in [1.54, 1.807) is 36.4 Å². The van der Waals surface area contributed by atoms with Crippen molar-refractivity contribution < 1.29 is 19.1 Å². The van der Waals surface area contributed by atoms with Crippen LogP contribution in [0.15, 0.2) is 54.1 Å². The lowest BCUT2D eigenvalue weighted by molar-refractivity contribution is -0.122. The average Bonchev–Trinajstić information content (AvgIpc) is 2.65. The van der Waals surface area contributed by atoms with Gasteiger partial charge in [0, 0.05) is 25.8 Å². The molecule has 0 aromatic heterocycles. The van der Waals surface area contributed by atoms with Crippen molar-refractivity contribution in [1.82, 2.24) is 5.32 Å². The second kappa shape index (κ2) is 7.33. The fourth-order valence-electron chi connectivity index (χ4n) is 2.68. The molecular weight excluding hydrogens is 346 g/mol. The minimum absolute atomic E-state index is 0.116. The molecule has 1 N–H and O–H groups in total. The number of barbiturate groups is 1. The second-order valence-corrected chi connectivity index (χ2v) is 6.15. The number of carbonyl (C=O) groups excluding carboxylic acids is 3. The minimum Gasteiger partial charge on any atom is -0.497 e. The van der Waals surface area contributed by atoms with Crippen molar-refractivity contribution in [3.8, 4) is 5.75 Å². The van der Waals surface area contributed by atoms with E-state index in [4.69, 9.17) is 4.74 Å². The Morgan fingerprint density at radius 1 is 1.04 bits per heavy atom. The Labute approximate surface area is 156 Å². The lowest BCUT2D eigenvalue weighted by Crippen LogP contribution is -2.54. The van der Waals surface area contributed by atoms with Gasteiger partial charge in [-0.2, -0.15) is 0 Å². The molecule has 1 heterocycles. The van der Waals surface area contributed by atoms with E-state index in [0.29, 0.717) is 17.0 Å². The first kappa shape index (κ1) is 18.2. The number of nitrogens with one attached hydrogen (secondary N) is 1. The van der Waals surface area contributed by atoms with Gasteiger partial charge in [-0.1, -0.05) is 18.2 Å². The van der Waals surface area contributed by atoms with Gasteiger partial charge in [-0.25, -0.2) is 9.69 Å². The van der Waals surface area contributed by atoms with E-state index in [0.717, 1.165) is 10.6 Å². The molecule has 3 rings (SSSR count). The number of urea groups is 1. The maximum atomic E-state index is 12.9. The third-order valence-electron chi connectivity index (χ3n) is 4.13. The van der Waals surface area contributed by atoms with Crippen LogP contribution in [0.5, 0.6) is 5.75 Å². The van der Waals surface area contributed by atoms with Crippen LogP contribution in [0.3, 0.4) is 0 Å². The fourth-order valence-corrected chi connectivity index (χ4v) is 2.68. The van der Waals surface area contributed by atoms with E-state index in [9.17, 15) is 14.4 Å². The molecule has 1 aliphatic heterocycles. The lowest BCUT2D eigenvalue weighted by Gasteiger charge is -2.26. The fraction of sp³-hybridized carbons (Fsp3) is 0.150. The van der Waals surface area contributed by atoms with Crippen LogP contribution in [0, 0.1) is 0 Å². The number of carbonyl (C=O) groups is 3. The van der Waals surface area contributed by atoms with Crippen LogP contribution in [0.2, 0.25) is 0 Å². The van der Waals surface area contributed by atoms with Gasteiger partial charge in [0.1, 0.15) is 11.3 Å². The van der Waals surface area contributed by atoms with Gasteiger partial charge in [-0.15, -0.1) is 0 Å². The first-order valence-electron chi connectivity index (χ1n) is 8.23. The monoisotopic (exact) mass is 365 g/mol. The Hall–Kier alpha value is -3.61. The summed E-state index contributed by atoms with van der Waals surface area (Å²) in [6.07, 6.45) is 1.47. The van der Waals surface area contributed by atoms with Gasteiger partial charge in [-0.05, 0) is 35.9 Å². The molecule has 1 saturated heterocycles. The van der Waals surface area contributed by atoms with Crippen molar-refractivity contribution in [1.29, 1.82) is 0 Å². The first-order valence-corrected chi connectivity index (χ1v) is 8.23. The number of anilines is 2. The van der Waals surface area contributed by atoms with Crippen LogP contribution in [0.4, 0.5) is 16.2 Å². The molecule has 1 aliphatic rings. The molecule has 0 radical (unpaired) electrons. The van der Waals surface area contributed by atoms with Crippen LogP contribution in [-0.4, -0.2) is 39.1 Å². The Balaban J connectivity index is 1.96. The van der Waals surface area contributed by atoms with Crippen molar-refractivity contribution in [2.24, 2.45) is 0 Å². The molecule has 4 amide bonds. The highest BCUT2D eigenvalue weighted by Gasteiger charge is 2.36. The standard InChI is InChI=1S/C20H19N3O4/c1-22(2)14-9-7-13(8-10-14)11-17-18(24)21-20(26)23(19(17)25)15-5-4-6-16(12-15)27-3/h4-12H,1-3H3,(H,21,24,26)/b17-11-. The van der Waals surface area contributed by atoms with E-state index in [2.05, 4.69) is 5.32 Å². The normalized spacial score (nSPS) is 15.7. The molecule has 27 heavy (non-hydrogen) atoms. The first-order chi connectivity index (χ1) is 12.9. The highest BCUT2D eigenvalue weighted by molar-refractivity contribution is 6.39. The van der Waals surface area contributed by atoms with Gasteiger partial charge in [0.15, 0.2) is 0 Å². The summed E-state index contributed by atoms with van der Waals surface area (Å²) in [5, 5.41) is 2.21. The molecule has 0 atom stereocenters. The van der Waals surface area contributed by atoms with Crippen molar-refractivity contribution in [3.63, 3.8) is 0 Å². The summed E-state index contributed by atoms with van der Waals surface area (Å²) in [7, 11) is 5.33. The largest absolute Gasteiger partial charge is 0.497 e. The van der Waals surface area contributed by atoms with E-state index in [-0.39, 0.29) is 5.57 Å². The quantitative estimate of drug-likeness (QED) is 0.665. The molecule has 138 valence electrons. The number of nitrogens with zero attached hydrogens (tertiary/aromatic N) is 2. The maximum absolute atomic E-state index is 12.9. The van der Waals surface area contributed by atoms with Gasteiger partial charge < -0.3 is 9.64 Å². The Kier molecular flexibility index (Phi) is 4.94. The lowest BCUT2D eigenvalue weighted by atomic mass is 10.1. The third-order valence-corrected chi connectivity index (χ3v) is 4.13. The van der Waals surface area contributed by atoms with Gasteiger partial charge in [0.2, 0.25) is 0 Å². The number of ether oxygens (including phenoxy) is 1. The predicted octanol–water partition coefficient (Wildman–Crippen LogP) is 2.43. The molecule has 2 aromatic rings. The maximum Gasteiger partial charge on any atom is 0.335 e. The Morgan fingerprint density at radius 2 is 1.74 bits per heavy atom. The molecule has 0 saturated carbocycles. The summed E-state index contributed by atoms with van der Waals surface area (Å²) in [6, 6.07) is 13.1. The van der Waals surface area contributed by atoms with E-state index >= 15 is 0 Å². The van der Waals surface area contributed by atoms with Crippen molar-refractivity contribution in [2.45, 2.75) is 0 Å². The molecule has 1 fully saturated rings. The van der Waals surface area contributed by atoms with Crippen molar-refractivity contribution in [3.05, 3.63) is 59.7 Å². The summed E-state index contributed by atoms with van der Waals surface area (Å²) in [6.45, 7) is 0. The van der Waals surface area contributed by atoms with Crippen LogP contribution in [0.1, 0.15) is 5.56 Å². The zero-order valence-corrected chi connectivity index (χ0v) is 15.2. The van der Waals surface area contributed by atoms with Crippen LogP contribution < -0.4 is 19.9 Å². The van der Waals surface area contributed by atoms with Gasteiger partial charge in [0.25, 0.3) is 11.8 Å². The smallest absolute Gasteiger partial charge is 0.335 e. The van der Waals surface area contributed by atoms with E-state index in [1.165, 1.54) is 13.2 Å². The summed E-state index contributed by atoms with van der Waals surface area (Å²) >= 11 is 0.